The number of carbonyl (C=O) groups excluding carboxylic acids is 1. The number of methoxy groups -OCH3 is 1. The highest BCUT2D eigenvalue weighted by atomic mass is 16.5. The first-order valence-corrected chi connectivity index (χ1v) is 6.44. The maximum Gasteiger partial charge on any atom is 0.355 e. The van der Waals surface area contributed by atoms with E-state index < -0.39 is 0 Å². The SMILES string of the molecule is COC(=O)c1cccc2nnc(C3CCCNC3)n12. The number of ether oxygens (including phenoxy) is 1. The molecule has 0 saturated carbocycles. The van der Waals surface area contributed by atoms with Gasteiger partial charge in [0.1, 0.15) is 11.5 Å². The lowest BCUT2D eigenvalue weighted by atomic mass is 9.99. The Morgan fingerprint density at radius 1 is 1.47 bits per heavy atom. The summed E-state index contributed by atoms with van der Waals surface area (Å²) < 4.78 is 6.63. The monoisotopic (exact) mass is 260 g/mol. The third-order valence-corrected chi connectivity index (χ3v) is 3.51. The number of nitrogens with one attached hydrogen (secondary N) is 1. The van der Waals surface area contributed by atoms with Gasteiger partial charge in [0.15, 0.2) is 5.65 Å². The molecule has 19 heavy (non-hydrogen) atoms. The van der Waals surface area contributed by atoms with Gasteiger partial charge in [0, 0.05) is 12.5 Å². The van der Waals surface area contributed by atoms with Crippen molar-refractivity contribution >= 4 is 11.6 Å². The number of hydrogen-bond donors (Lipinski definition) is 1. The van der Waals surface area contributed by atoms with E-state index in [0.717, 1.165) is 31.8 Å². The number of fused-ring (bicyclic) bond motifs is 1. The van der Waals surface area contributed by atoms with Crippen LogP contribution in [0, 0.1) is 0 Å². The first-order chi connectivity index (χ1) is 9.31. The van der Waals surface area contributed by atoms with E-state index in [0.29, 0.717) is 11.3 Å². The van der Waals surface area contributed by atoms with Gasteiger partial charge in [0.25, 0.3) is 0 Å². The summed E-state index contributed by atoms with van der Waals surface area (Å²) in [4.78, 5) is 11.8. The second-order valence-electron chi connectivity index (χ2n) is 4.70. The maximum absolute atomic E-state index is 11.8. The summed E-state index contributed by atoms with van der Waals surface area (Å²) in [5.41, 5.74) is 1.16. The third kappa shape index (κ3) is 2.08. The van der Waals surface area contributed by atoms with Crippen LogP contribution in [0.15, 0.2) is 18.2 Å². The molecule has 3 rings (SSSR count). The summed E-state index contributed by atoms with van der Waals surface area (Å²) in [5, 5.41) is 11.8. The van der Waals surface area contributed by atoms with E-state index in [-0.39, 0.29) is 11.9 Å². The lowest BCUT2D eigenvalue weighted by Gasteiger charge is -2.21. The number of piperidine rings is 1. The second-order valence-corrected chi connectivity index (χ2v) is 4.70. The molecule has 0 radical (unpaired) electrons. The van der Waals surface area contributed by atoms with Crippen molar-refractivity contribution in [2.45, 2.75) is 18.8 Å². The number of hydrogen-bond acceptors (Lipinski definition) is 5. The molecule has 2 aromatic rings. The minimum Gasteiger partial charge on any atom is -0.464 e. The Labute approximate surface area is 110 Å². The molecule has 0 bridgehead atoms. The molecule has 1 N–H and O–H groups in total. The van der Waals surface area contributed by atoms with Gasteiger partial charge in [0.2, 0.25) is 0 Å². The van der Waals surface area contributed by atoms with Crippen LogP contribution in [0.1, 0.15) is 35.1 Å². The molecule has 1 saturated heterocycles. The Morgan fingerprint density at radius 2 is 2.37 bits per heavy atom. The van der Waals surface area contributed by atoms with Crippen LogP contribution in [0.3, 0.4) is 0 Å². The molecule has 100 valence electrons. The quantitative estimate of drug-likeness (QED) is 0.815. The average Bonchev–Trinajstić information content (AvgIpc) is 2.91. The van der Waals surface area contributed by atoms with E-state index >= 15 is 0 Å². The van der Waals surface area contributed by atoms with Crippen LogP contribution in [0.25, 0.3) is 5.65 Å². The van der Waals surface area contributed by atoms with Crippen molar-refractivity contribution < 1.29 is 9.53 Å². The van der Waals surface area contributed by atoms with E-state index in [9.17, 15) is 4.79 Å². The summed E-state index contributed by atoms with van der Waals surface area (Å²) in [6.07, 6.45) is 2.17. The van der Waals surface area contributed by atoms with Gasteiger partial charge in [0.05, 0.1) is 7.11 Å². The van der Waals surface area contributed by atoms with Crippen LogP contribution in [-0.4, -0.2) is 40.8 Å². The summed E-state index contributed by atoms with van der Waals surface area (Å²) in [5.74, 6) is 0.758. The maximum atomic E-state index is 11.8. The van der Waals surface area contributed by atoms with Crippen molar-refractivity contribution in [3.05, 3.63) is 29.7 Å². The molecule has 0 amide bonds. The molecule has 6 heteroatoms. The number of rotatable bonds is 2. The predicted octanol–water partition coefficient (Wildman–Crippen LogP) is 0.983. The van der Waals surface area contributed by atoms with Gasteiger partial charge in [-0.15, -0.1) is 10.2 Å². The number of pyridine rings is 1. The molecule has 0 aromatic carbocycles. The largest absolute Gasteiger partial charge is 0.464 e. The zero-order chi connectivity index (χ0) is 13.2. The smallest absolute Gasteiger partial charge is 0.355 e. The molecule has 1 atom stereocenters. The van der Waals surface area contributed by atoms with Crippen LogP contribution in [0.4, 0.5) is 0 Å². The highest BCUT2D eigenvalue weighted by Crippen LogP contribution is 2.23. The predicted molar refractivity (Wildman–Crippen MR) is 69.2 cm³/mol. The van der Waals surface area contributed by atoms with Crippen molar-refractivity contribution in [2.75, 3.05) is 20.2 Å². The molecule has 1 unspecified atom stereocenters. The van der Waals surface area contributed by atoms with E-state index in [1.165, 1.54) is 7.11 Å². The third-order valence-electron chi connectivity index (χ3n) is 3.51. The normalized spacial score (nSPS) is 19.5. The van der Waals surface area contributed by atoms with Gasteiger partial charge in [-0.2, -0.15) is 0 Å². The molecule has 0 spiro atoms. The molecule has 3 heterocycles. The Kier molecular flexibility index (Phi) is 3.16. The fraction of sp³-hybridized carbons (Fsp3) is 0.462. The molecular weight excluding hydrogens is 244 g/mol. The van der Waals surface area contributed by atoms with Crippen LogP contribution >= 0.6 is 0 Å². The number of aromatic nitrogens is 3. The van der Waals surface area contributed by atoms with E-state index in [1.807, 2.05) is 10.5 Å². The molecule has 1 aliphatic rings. The number of nitrogens with zero attached hydrogens (tertiary/aromatic N) is 3. The van der Waals surface area contributed by atoms with Crippen molar-refractivity contribution in [3.8, 4) is 0 Å². The lowest BCUT2D eigenvalue weighted by Crippen LogP contribution is -2.29. The van der Waals surface area contributed by atoms with Gasteiger partial charge in [-0.1, -0.05) is 6.07 Å². The molecule has 1 aliphatic heterocycles. The minimum atomic E-state index is -0.365. The Hall–Kier alpha value is -1.95. The first kappa shape index (κ1) is 12.1. The van der Waals surface area contributed by atoms with E-state index in [4.69, 9.17) is 4.74 Å². The molecule has 6 nitrogen and oxygen atoms in total. The highest BCUT2D eigenvalue weighted by Gasteiger charge is 2.23. The van der Waals surface area contributed by atoms with Crippen LogP contribution < -0.4 is 5.32 Å². The number of esters is 1. The fourth-order valence-corrected chi connectivity index (χ4v) is 2.56. The van der Waals surface area contributed by atoms with Gasteiger partial charge < -0.3 is 10.1 Å². The highest BCUT2D eigenvalue weighted by molar-refractivity contribution is 5.88. The Balaban J connectivity index is 2.11. The average molecular weight is 260 g/mol. The van der Waals surface area contributed by atoms with Crippen molar-refractivity contribution in [3.63, 3.8) is 0 Å². The summed E-state index contributed by atoms with van der Waals surface area (Å²) in [6, 6.07) is 5.38. The van der Waals surface area contributed by atoms with Gasteiger partial charge >= 0.3 is 5.97 Å². The van der Waals surface area contributed by atoms with Gasteiger partial charge in [-0.05, 0) is 31.5 Å². The van der Waals surface area contributed by atoms with E-state index in [1.54, 1.807) is 12.1 Å². The standard InChI is InChI=1S/C13H16N4O2/c1-19-13(18)10-5-2-6-11-15-16-12(17(10)11)9-4-3-7-14-8-9/h2,5-6,9,14H,3-4,7-8H2,1H3. The van der Waals surface area contributed by atoms with Crippen LogP contribution in [0.2, 0.25) is 0 Å². The van der Waals surface area contributed by atoms with Crippen molar-refractivity contribution in [2.24, 2.45) is 0 Å². The first-order valence-electron chi connectivity index (χ1n) is 6.44. The summed E-state index contributed by atoms with van der Waals surface area (Å²) in [6.45, 7) is 1.91. The topological polar surface area (TPSA) is 68.5 Å². The summed E-state index contributed by atoms with van der Waals surface area (Å²) >= 11 is 0. The summed E-state index contributed by atoms with van der Waals surface area (Å²) in [7, 11) is 1.38. The fourth-order valence-electron chi connectivity index (χ4n) is 2.56. The molecule has 2 aromatic heterocycles. The Morgan fingerprint density at radius 3 is 3.11 bits per heavy atom. The minimum absolute atomic E-state index is 0.287. The second kappa shape index (κ2) is 4.97. The van der Waals surface area contributed by atoms with Crippen molar-refractivity contribution in [1.82, 2.24) is 19.9 Å². The van der Waals surface area contributed by atoms with Crippen LogP contribution in [-0.2, 0) is 4.74 Å². The van der Waals surface area contributed by atoms with Crippen LogP contribution in [0.5, 0.6) is 0 Å². The van der Waals surface area contributed by atoms with Gasteiger partial charge in [-0.25, -0.2) is 4.79 Å². The zero-order valence-electron chi connectivity index (χ0n) is 10.8. The van der Waals surface area contributed by atoms with Gasteiger partial charge in [-0.3, -0.25) is 4.40 Å². The molecular formula is C13H16N4O2. The van der Waals surface area contributed by atoms with E-state index in [2.05, 4.69) is 15.5 Å². The molecule has 0 aliphatic carbocycles. The van der Waals surface area contributed by atoms with Crippen molar-refractivity contribution in [1.29, 1.82) is 0 Å². The molecule has 1 fully saturated rings. The lowest BCUT2D eigenvalue weighted by molar-refractivity contribution is 0.0591. The Bertz CT molecular complexity index is 602. The zero-order valence-corrected chi connectivity index (χ0v) is 10.8. The number of carbonyl (C=O) groups is 1.